The molecule has 0 N–H and O–H groups in total. The fourth-order valence-electron chi connectivity index (χ4n) is 4.14. The van der Waals surface area contributed by atoms with Gasteiger partial charge in [-0.25, -0.2) is 0 Å². The average Bonchev–Trinajstić information content (AvgIpc) is 3.23. The van der Waals surface area contributed by atoms with Crippen LogP contribution in [0.15, 0.2) is 126 Å². The topological polar surface area (TPSA) is 22.0 Å². The lowest BCUT2D eigenvalue weighted by Gasteiger charge is -2.21. The van der Waals surface area contributed by atoms with E-state index < -0.39 is 0 Å². The number of hydrogen-bond acceptors (Lipinski definition) is 2. The standard InChI is InChI=1S/C29H23NOS/c31-27(22-12-4-1-5-13-22)21-32-28-20-30(26-19-11-10-18-25(26)28)29(23-14-6-2-7-15-23)24-16-8-3-9-17-24/h1-20,29H,21H2. The summed E-state index contributed by atoms with van der Waals surface area (Å²) in [6.07, 6.45) is 2.21. The highest BCUT2D eigenvalue weighted by atomic mass is 32.2. The molecule has 5 rings (SSSR count). The van der Waals surface area contributed by atoms with Crippen LogP contribution in [0.4, 0.5) is 0 Å². The first-order valence-electron chi connectivity index (χ1n) is 10.7. The Hall–Kier alpha value is -3.56. The zero-order chi connectivity index (χ0) is 21.8. The smallest absolute Gasteiger partial charge is 0.173 e. The number of rotatable bonds is 7. The summed E-state index contributed by atoms with van der Waals surface area (Å²) in [5.74, 6) is 0.564. The maximum absolute atomic E-state index is 12.7. The van der Waals surface area contributed by atoms with Crippen molar-refractivity contribution in [3.63, 3.8) is 0 Å². The number of benzene rings is 4. The third-order valence-electron chi connectivity index (χ3n) is 5.67. The molecule has 0 aliphatic carbocycles. The molecule has 5 aromatic rings. The Balaban J connectivity index is 1.56. The SMILES string of the molecule is O=C(CSc1cn(C(c2ccccc2)c2ccccc2)c2ccccc12)c1ccccc1. The van der Waals surface area contributed by atoms with Crippen LogP contribution in [0.2, 0.25) is 0 Å². The number of ketones is 1. The minimum Gasteiger partial charge on any atom is -0.335 e. The van der Waals surface area contributed by atoms with E-state index in [9.17, 15) is 4.79 Å². The lowest BCUT2D eigenvalue weighted by molar-refractivity contribution is 0.102. The lowest BCUT2D eigenvalue weighted by atomic mass is 9.98. The molecular weight excluding hydrogens is 410 g/mol. The average molecular weight is 434 g/mol. The van der Waals surface area contributed by atoms with E-state index >= 15 is 0 Å². The van der Waals surface area contributed by atoms with Crippen molar-refractivity contribution in [2.45, 2.75) is 10.9 Å². The predicted octanol–water partition coefficient (Wildman–Crippen LogP) is 7.25. The Labute approximate surface area is 192 Å². The number of carbonyl (C=O) groups is 1. The number of para-hydroxylation sites is 1. The van der Waals surface area contributed by atoms with Crippen molar-refractivity contribution in [2.24, 2.45) is 0 Å². The molecule has 1 aromatic heterocycles. The van der Waals surface area contributed by atoms with Gasteiger partial charge in [0, 0.05) is 22.0 Å². The van der Waals surface area contributed by atoms with Crippen molar-refractivity contribution in [1.82, 2.24) is 4.57 Å². The molecule has 0 aliphatic rings. The molecule has 2 nitrogen and oxygen atoms in total. The first-order valence-corrected chi connectivity index (χ1v) is 11.7. The van der Waals surface area contributed by atoms with E-state index in [0.29, 0.717) is 5.75 Å². The molecule has 0 saturated heterocycles. The van der Waals surface area contributed by atoms with Crippen molar-refractivity contribution in [1.29, 1.82) is 0 Å². The molecule has 0 spiro atoms. The van der Waals surface area contributed by atoms with Crippen molar-refractivity contribution in [3.05, 3.63) is 138 Å². The quantitative estimate of drug-likeness (QED) is 0.199. The van der Waals surface area contributed by atoms with E-state index in [4.69, 9.17) is 0 Å². The summed E-state index contributed by atoms with van der Waals surface area (Å²) in [7, 11) is 0. The van der Waals surface area contributed by atoms with Gasteiger partial charge in [-0.1, -0.05) is 109 Å². The molecule has 0 fully saturated rings. The Bertz CT molecular complexity index is 1290. The van der Waals surface area contributed by atoms with Gasteiger partial charge < -0.3 is 4.57 Å². The number of aromatic nitrogens is 1. The van der Waals surface area contributed by atoms with Crippen LogP contribution in [0, 0.1) is 0 Å². The zero-order valence-corrected chi connectivity index (χ0v) is 18.4. The minimum absolute atomic E-state index is 0.0569. The second-order valence-corrected chi connectivity index (χ2v) is 8.74. The second-order valence-electron chi connectivity index (χ2n) is 7.72. The van der Waals surface area contributed by atoms with Gasteiger partial charge >= 0.3 is 0 Å². The van der Waals surface area contributed by atoms with Gasteiger partial charge in [-0.15, -0.1) is 11.8 Å². The summed E-state index contributed by atoms with van der Waals surface area (Å²) in [4.78, 5) is 13.8. The molecule has 156 valence electrons. The van der Waals surface area contributed by atoms with Gasteiger partial charge in [0.15, 0.2) is 5.78 Å². The van der Waals surface area contributed by atoms with E-state index in [1.54, 1.807) is 11.8 Å². The first kappa shape index (κ1) is 20.3. The van der Waals surface area contributed by atoms with Crippen LogP contribution < -0.4 is 0 Å². The molecular formula is C29H23NOS. The van der Waals surface area contributed by atoms with Crippen LogP contribution in [0.25, 0.3) is 10.9 Å². The van der Waals surface area contributed by atoms with Crippen molar-refractivity contribution in [2.75, 3.05) is 5.75 Å². The van der Waals surface area contributed by atoms with Crippen molar-refractivity contribution < 1.29 is 4.79 Å². The summed E-state index contributed by atoms with van der Waals surface area (Å²) < 4.78 is 2.34. The molecule has 1 heterocycles. The van der Waals surface area contributed by atoms with Gasteiger partial charge in [0.25, 0.3) is 0 Å². The lowest BCUT2D eigenvalue weighted by Crippen LogP contribution is -2.11. The molecule has 0 atom stereocenters. The number of thioether (sulfide) groups is 1. The largest absolute Gasteiger partial charge is 0.335 e. The molecule has 0 saturated carbocycles. The molecule has 0 bridgehead atoms. The number of carbonyl (C=O) groups excluding carboxylic acids is 1. The highest BCUT2D eigenvalue weighted by Crippen LogP contribution is 2.36. The van der Waals surface area contributed by atoms with Crippen LogP contribution in [0.3, 0.4) is 0 Å². The van der Waals surface area contributed by atoms with E-state index in [-0.39, 0.29) is 11.8 Å². The normalized spacial score (nSPS) is 11.2. The maximum atomic E-state index is 12.7. The van der Waals surface area contributed by atoms with Crippen LogP contribution in [-0.4, -0.2) is 16.1 Å². The summed E-state index contributed by atoms with van der Waals surface area (Å²) in [6, 6.07) is 39.2. The predicted molar refractivity (Wildman–Crippen MR) is 134 cm³/mol. The summed E-state index contributed by atoms with van der Waals surface area (Å²) >= 11 is 1.61. The Kier molecular flexibility index (Phi) is 5.91. The number of hydrogen-bond donors (Lipinski definition) is 0. The molecule has 0 radical (unpaired) electrons. The first-order chi connectivity index (χ1) is 15.8. The van der Waals surface area contributed by atoms with E-state index in [1.165, 1.54) is 22.0 Å². The Morgan fingerprint density at radius 2 is 1.22 bits per heavy atom. The summed E-state index contributed by atoms with van der Waals surface area (Å²) in [5.41, 5.74) is 4.39. The van der Waals surface area contributed by atoms with Gasteiger partial charge in [0.1, 0.15) is 0 Å². The fourth-order valence-corrected chi connectivity index (χ4v) is 5.11. The van der Waals surface area contributed by atoms with Gasteiger partial charge in [-0.3, -0.25) is 4.79 Å². The second kappa shape index (κ2) is 9.29. The van der Waals surface area contributed by atoms with E-state index in [1.807, 2.05) is 30.3 Å². The third kappa shape index (κ3) is 4.12. The molecule has 0 aliphatic heterocycles. The Morgan fingerprint density at radius 1 is 0.688 bits per heavy atom. The molecule has 0 unspecified atom stereocenters. The number of fused-ring (bicyclic) bond motifs is 1. The van der Waals surface area contributed by atoms with Crippen LogP contribution in [-0.2, 0) is 0 Å². The number of Topliss-reactive ketones (excluding diaryl/α,β-unsaturated/α-hetero) is 1. The Morgan fingerprint density at radius 3 is 1.84 bits per heavy atom. The summed E-state index contributed by atoms with van der Waals surface area (Å²) in [6.45, 7) is 0. The molecule has 32 heavy (non-hydrogen) atoms. The van der Waals surface area contributed by atoms with Gasteiger partial charge in [0.05, 0.1) is 17.3 Å². The van der Waals surface area contributed by atoms with Gasteiger partial charge in [-0.2, -0.15) is 0 Å². The fraction of sp³-hybridized carbons (Fsp3) is 0.0690. The molecule has 3 heteroatoms. The maximum Gasteiger partial charge on any atom is 0.173 e. The summed E-state index contributed by atoms with van der Waals surface area (Å²) in [5, 5.41) is 1.18. The van der Waals surface area contributed by atoms with Gasteiger partial charge in [-0.05, 0) is 17.2 Å². The molecule has 4 aromatic carbocycles. The van der Waals surface area contributed by atoms with Crippen LogP contribution in [0.1, 0.15) is 27.5 Å². The third-order valence-corrected chi connectivity index (χ3v) is 6.71. The van der Waals surface area contributed by atoms with Crippen molar-refractivity contribution >= 4 is 28.4 Å². The van der Waals surface area contributed by atoms with E-state index in [0.717, 1.165) is 10.5 Å². The van der Waals surface area contributed by atoms with Crippen molar-refractivity contribution in [3.8, 4) is 0 Å². The minimum atomic E-state index is 0.0569. The van der Waals surface area contributed by atoms with Crippen LogP contribution in [0.5, 0.6) is 0 Å². The van der Waals surface area contributed by atoms with Crippen LogP contribution >= 0.6 is 11.8 Å². The van der Waals surface area contributed by atoms with E-state index in [2.05, 4.69) is 95.7 Å². The van der Waals surface area contributed by atoms with Gasteiger partial charge in [0.2, 0.25) is 0 Å². The molecule has 0 amide bonds. The monoisotopic (exact) mass is 433 g/mol. The zero-order valence-electron chi connectivity index (χ0n) is 17.6. The highest BCUT2D eigenvalue weighted by Gasteiger charge is 2.20. The number of nitrogens with zero attached hydrogens (tertiary/aromatic N) is 1. The highest BCUT2D eigenvalue weighted by molar-refractivity contribution is 8.00.